The van der Waals surface area contributed by atoms with E-state index in [9.17, 15) is 19.7 Å². The van der Waals surface area contributed by atoms with E-state index < -0.39 is 18.4 Å². The lowest BCUT2D eigenvalue weighted by Crippen LogP contribution is -2.36. The largest absolute Gasteiger partial charge is 0.487 e. The fourth-order valence-electron chi connectivity index (χ4n) is 4.12. The Morgan fingerprint density at radius 1 is 1.39 bits per heavy atom. The number of benzene rings is 2. The molecule has 0 saturated heterocycles. The first-order chi connectivity index (χ1) is 17.4. The van der Waals surface area contributed by atoms with Crippen LogP contribution in [0.25, 0.3) is 22.0 Å². The lowest BCUT2D eigenvalue weighted by molar-refractivity contribution is -0.909. The molecule has 2 aromatic heterocycles. The number of nitrogens with zero attached hydrogens (tertiary/aromatic N) is 4. The van der Waals surface area contributed by atoms with Crippen molar-refractivity contribution in [2.24, 2.45) is 0 Å². The quantitative estimate of drug-likeness (QED) is 0.296. The first-order valence-corrected chi connectivity index (χ1v) is 11.3. The molecule has 2 aromatic carbocycles. The number of alkyl halides is 1. The van der Waals surface area contributed by atoms with E-state index in [1.807, 2.05) is 0 Å². The van der Waals surface area contributed by atoms with Crippen LogP contribution in [0, 0.1) is 17.1 Å². The van der Waals surface area contributed by atoms with E-state index in [0.29, 0.717) is 37.9 Å². The molecule has 5 rings (SSSR count). The predicted octanol–water partition coefficient (Wildman–Crippen LogP) is 4.29. The molecule has 0 atom stereocenters. The smallest absolute Gasteiger partial charge is 0.275 e. The van der Waals surface area contributed by atoms with Crippen LogP contribution in [0.5, 0.6) is 5.75 Å². The van der Waals surface area contributed by atoms with Crippen LogP contribution in [0.3, 0.4) is 0 Å². The molecule has 184 valence electrons. The van der Waals surface area contributed by atoms with Crippen LogP contribution in [-0.4, -0.2) is 39.4 Å². The highest BCUT2D eigenvalue weighted by molar-refractivity contribution is 5.96. The first-order valence-electron chi connectivity index (χ1n) is 11.3. The van der Waals surface area contributed by atoms with E-state index in [-0.39, 0.29) is 31.1 Å². The third-order valence-corrected chi connectivity index (χ3v) is 6.15. The fraction of sp³-hybridized carbons (Fsp3) is 0.231. The number of halogens is 2. The summed E-state index contributed by atoms with van der Waals surface area (Å²) in [5.74, 6) is -1.41. The van der Waals surface area contributed by atoms with Crippen LogP contribution < -0.4 is 9.47 Å². The minimum Gasteiger partial charge on any atom is -0.487 e. The number of H-pyrrole nitrogens is 1. The monoisotopic (exact) mass is 492 g/mol. The van der Waals surface area contributed by atoms with Crippen LogP contribution in [0.15, 0.2) is 48.8 Å². The van der Waals surface area contributed by atoms with Gasteiger partial charge in [-0.05, 0) is 42.7 Å². The Bertz CT molecular complexity index is 1530. The highest BCUT2D eigenvalue weighted by Gasteiger charge is 2.30. The van der Waals surface area contributed by atoms with Crippen molar-refractivity contribution >= 4 is 16.8 Å². The molecule has 10 heteroatoms. The van der Waals surface area contributed by atoms with Crippen LogP contribution in [0.1, 0.15) is 41.4 Å². The lowest BCUT2D eigenvalue weighted by Gasteiger charge is -2.20. The number of aromatic amines is 1. The van der Waals surface area contributed by atoms with Crippen LogP contribution in [-0.2, 0) is 13.2 Å². The van der Waals surface area contributed by atoms with Gasteiger partial charge in [-0.25, -0.2) is 8.78 Å². The van der Waals surface area contributed by atoms with Crippen molar-refractivity contribution in [1.29, 1.82) is 5.26 Å². The summed E-state index contributed by atoms with van der Waals surface area (Å²) >= 11 is 0. The molecule has 0 aliphatic heterocycles. The standard InChI is InChI=1S/C26H21F2N5O3.H2/c1-32(13-17-14-33(35)22(10-27)21-12-30-31-24(17)21)26(34)20-8-7-19(16-4-2-3-15(9-16)11-29)25(23(20)28)36-18-5-6-18;/h2-4,7-9,12,14,18,35H,5-6,10,13H2,1H3;1H/p+1. The molecule has 1 saturated carbocycles. The highest BCUT2D eigenvalue weighted by Crippen LogP contribution is 2.39. The van der Waals surface area contributed by atoms with E-state index >= 15 is 4.39 Å². The molecule has 1 aliphatic rings. The van der Waals surface area contributed by atoms with Crippen molar-refractivity contribution < 1.29 is 29.7 Å². The van der Waals surface area contributed by atoms with Crippen LogP contribution >= 0.6 is 0 Å². The van der Waals surface area contributed by atoms with Gasteiger partial charge in [-0.1, -0.05) is 12.1 Å². The van der Waals surface area contributed by atoms with Crippen LogP contribution in [0.2, 0.25) is 0 Å². The number of amides is 1. The topological polar surface area (TPSA) is 106 Å². The van der Waals surface area contributed by atoms with Gasteiger partial charge in [0.05, 0.1) is 52.5 Å². The van der Waals surface area contributed by atoms with Crippen molar-refractivity contribution in [2.75, 3.05) is 7.05 Å². The van der Waals surface area contributed by atoms with Gasteiger partial charge in [-0.3, -0.25) is 15.1 Å². The van der Waals surface area contributed by atoms with Crippen molar-refractivity contribution in [3.8, 4) is 22.9 Å². The molecule has 0 radical (unpaired) electrons. The second-order valence-electron chi connectivity index (χ2n) is 8.71. The fourth-order valence-corrected chi connectivity index (χ4v) is 4.12. The molecular weight excluding hydrogens is 468 g/mol. The Hall–Kier alpha value is -4.52. The number of pyridine rings is 1. The Labute approximate surface area is 206 Å². The summed E-state index contributed by atoms with van der Waals surface area (Å²) in [6.45, 7) is -0.908. The van der Waals surface area contributed by atoms with E-state index in [1.165, 1.54) is 30.4 Å². The molecule has 2 N–H and O–H groups in total. The van der Waals surface area contributed by atoms with Gasteiger partial charge < -0.3 is 9.64 Å². The number of nitriles is 1. The molecule has 8 nitrogen and oxygen atoms in total. The van der Waals surface area contributed by atoms with E-state index in [1.54, 1.807) is 30.3 Å². The lowest BCUT2D eigenvalue weighted by atomic mass is 9.99. The summed E-state index contributed by atoms with van der Waals surface area (Å²) in [6, 6.07) is 11.8. The minimum atomic E-state index is -0.903. The van der Waals surface area contributed by atoms with Gasteiger partial charge in [0.25, 0.3) is 11.6 Å². The highest BCUT2D eigenvalue weighted by atomic mass is 19.1. The number of rotatable bonds is 7. The number of aromatic nitrogens is 3. The van der Waals surface area contributed by atoms with E-state index in [4.69, 9.17) is 4.74 Å². The number of ether oxygens (including phenoxy) is 1. The summed E-state index contributed by atoms with van der Waals surface area (Å²) in [6.07, 6.45) is 4.16. The Balaban J connectivity index is 0.00000320. The maximum atomic E-state index is 15.8. The molecule has 0 unspecified atom stereocenters. The third kappa shape index (κ3) is 4.20. The molecule has 2 heterocycles. The van der Waals surface area contributed by atoms with Crippen molar-refractivity contribution in [3.05, 3.63) is 77.0 Å². The van der Waals surface area contributed by atoms with Crippen molar-refractivity contribution in [2.45, 2.75) is 32.2 Å². The second-order valence-corrected chi connectivity index (χ2v) is 8.71. The zero-order valence-electron chi connectivity index (χ0n) is 19.3. The molecule has 0 bridgehead atoms. The zero-order valence-corrected chi connectivity index (χ0v) is 19.3. The zero-order chi connectivity index (χ0) is 25.4. The van der Waals surface area contributed by atoms with E-state index in [0.717, 1.165) is 12.8 Å². The summed E-state index contributed by atoms with van der Waals surface area (Å²) < 4.78 is 35.7. The Morgan fingerprint density at radius 2 is 2.19 bits per heavy atom. The SMILES string of the molecule is CN(Cc1c[n+](O)c(CF)c2cn[nH]c12)C(=O)c1ccc(-c2cccc(C#N)c2)c(OC2CC2)c1F.[HH]. The molecule has 1 fully saturated rings. The van der Waals surface area contributed by atoms with Gasteiger partial charge in [-0.2, -0.15) is 10.4 Å². The molecule has 4 aromatic rings. The second kappa shape index (κ2) is 9.26. The van der Waals surface area contributed by atoms with Gasteiger partial charge in [0, 0.05) is 18.8 Å². The number of hydrogen-bond donors (Lipinski definition) is 2. The number of carbonyl (C=O) groups excluding carboxylic acids is 1. The molecule has 1 amide bonds. The summed E-state index contributed by atoms with van der Waals surface area (Å²) in [5.41, 5.74) is 2.29. The number of fused-ring (bicyclic) bond motifs is 1. The van der Waals surface area contributed by atoms with Gasteiger partial charge in [-0.15, -0.1) is 0 Å². The maximum absolute atomic E-state index is 15.8. The van der Waals surface area contributed by atoms with Crippen molar-refractivity contribution in [3.63, 3.8) is 0 Å². The molecular formula is C26H24F2N5O3+. The van der Waals surface area contributed by atoms with Crippen LogP contribution in [0.4, 0.5) is 8.78 Å². The predicted molar refractivity (Wildman–Crippen MR) is 126 cm³/mol. The maximum Gasteiger partial charge on any atom is 0.275 e. The van der Waals surface area contributed by atoms with Crippen molar-refractivity contribution in [1.82, 2.24) is 15.1 Å². The number of carbonyl (C=O) groups is 1. The van der Waals surface area contributed by atoms with Gasteiger partial charge in [0.2, 0.25) is 6.20 Å². The van der Waals surface area contributed by atoms with Gasteiger partial charge in [0.1, 0.15) is 0 Å². The number of nitrogens with one attached hydrogen (secondary N) is 1. The average molecular weight is 493 g/mol. The Kier molecular flexibility index (Phi) is 5.98. The van der Waals surface area contributed by atoms with E-state index in [2.05, 4.69) is 16.3 Å². The molecule has 1 aliphatic carbocycles. The minimum absolute atomic E-state index is 0. The summed E-state index contributed by atoms with van der Waals surface area (Å²) in [4.78, 5) is 14.6. The third-order valence-electron chi connectivity index (χ3n) is 6.15. The van der Waals surface area contributed by atoms with Gasteiger partial charge in [0.15, 0.2) is 18.2 Å². The summed E-state index contributed by atoms with van der Waals surface area (Å²) in [7, 11) is 1.50. The van der Waals surface area contributed by atoms with Gasteiger partial charge >= 0.3 is 0 Å². The molecule has 36 heavy (non-hydrogen) atoms. The Morgan fingerprint density at radius 3 is 2.92 bits per heavy atom. The first kappa shape index (κ1) is 23.2. The summed E-state index contributed by atoms with van der Waals surface area (Å²) in [5, 5.41) is 26.5. The average Bonchev–Trinajstić information content (AvgIpc) is 3.57. The number of hydrogen-bond acceptors (Lipinski definition) is 5. The molecule has 0 spiro atoms. The normalized spacial score (nSPS) is 12.9.